The lowest BCUT2D eigenvalue weighted by atomic mass is 9.81. The van der Waals surface area contributed by atoms with Gasteiger partial charge < -0.3 is 10.1 Å². The van der Waals surface area contributed by atoms with E-state index in [0.717, 1.165) is 25.0 Å². The number of carbonyl (C=O) groups is 3. The van der Waals surface area contributed by atoms with Crippen LogP contribution in [0.15, 0.2) is 24.3 Å². The molecule has 6 nitrogen and oxygen atoms in total. The number of anilines is 1. The van der Waals surface area contributed by atoms with Gasteiger partial charge in [-0.05, 0) is 37.1 Å². The lowest BCUT2D eigenvalue weighted by Gasteiger charge is -2.19. The van der Waals surface area contributed by atoms with Crippen molar-refractivity contribution < 1.29 is 32.3 Å². The largest absolute Gasteiger partial charge is 0.573 e. The lowest BCUT2D eigenvalue weighted by Crippen LogP contribution is -2.34. The predicted octanol–water partition coefficient (Wildman–Crippen LogP) is 3.09. The highest BCUT2D eigenvalue weighted by molar-refractivity contribution is 6.05. The van der Waals surface area contributed by atoms with Crippen LogP contribution in [0.3, 0.4) is 0 Å². The van der Waals surface area contributed by atoms with Gasteiger partial charge in [0.25, 0.3) is 0 Å². The van der Waals surface area contributed by atoms with E-state index in [-0.39, 0.29) is 36.6 Å². The first kappa shape index (κ1) is 19.2. The van der Waals surface area contributed by atoms with E-state index in [1.165, 1.54) is 17.0 Å². The monoisotopic (exact) mass is 384 g/mol. The Bertz CT molecular complexity index is 709. The SMILES string of the molecule is O=C(CCN1C(=O)[C@H]2CCCC[C@H]2C1=O)Nc1ccc(OC(F)(F)F)cc1. The number of alkyl halides is 3. The van der Waals surface area contributed by atoms with Crippen molar-refractivity contribution in [3.05, 3.63) is 24.3 Å². The molecule has 0 aromatic heterocycles. The zero-order valence-electron chi connectivity index (χ0n) is 14.4. The van der Waals surface area contributed by atoms with Crippen LogP contribution in [-0.4, -0.2) is 35.5 Å². The molecule has 1 saturated heterocycles. The highest BCUT2D eigenvalue weighted by Gasteiger charge is 2.47. The molecule has 0 spiro atoms. The molecule has 1 saturated carbocycles. The number of benzene rings is 1. The van der Waals surface area contributed by atoms with Crippen molar-refractivity contribution in [2.75, 3.05) is 11.9 Å². The van der Waals surface area contributed by atoms with Gasteiger partial charge in [-0.3, -0.25) is 19.3 Å². The highest BCUT2D eigenvalue weighted by Crippen LogP contribution is 2.38. The number of nitrogens with zero attached hydrogens (tertiary/aromatic N) is 1. The summed E-state index contributed by atoms with van der Waals surface area (Å²) in [5, 5.41) is 2.52. The number of carbonyl (C=O) groups excluding carboxylic acids is 3. The molecule has 2 atom stereocenters. The zero-order chi connectivity index (χ0) is 19.6. The maximum atomic E-state index is 12.3. The standard InChI is InChI=1S/C18H19F3N2O4/c19-18(20,21)27-12-7-5-11(6-8-12)22-15(24)9-10-23-16(25)13-3-1-2-4-14(13)17(23)26/h5-8,13-14H,1-4,9-10H2,(H,22,24)/t13-,14+. The Hall–Kier alpha value is -2.58. The number of nitrogens with one attached hydrogen (secondary N) is 1. The van der Waals surface area contributed by atoms with E-state index in [9.17, 15) is 27.6 Å². The van der Waals surface area contributed by atoms with Crippen molar-refractivity contribution in [3.8, 4) is 5.75 Å². The van der Waals surface area contributed by atoms with Gasteiger partial charge in [-0.2, -0.15) is 0 Å². The number of rotatable bonds is 5. The molecule has 9 heteroatoms. The van der Waals surface area contributed by atoms with Gasteiger partial charge in [-0.1, -0.05) is 12.8 Å². The summed E-state index contributed by atoms with van der Waals surface area (Å²) in [6.07, 6.45) is -1.56. The number of hydrogen-bond donors (Lipinski definition) is 1. The second-order valence-corrected chi connectivity index (χ2v) is 6.70. The summed E-state index contributed by atoms with van der Waals surface area (Å²) in [5.41, 5.74) is 0.294. The van der Waals surface area contributed by atoms with Crippen LogP contribution in [0, 0.1) is 11.8 Å². The topological polar surface area (TPSA) is 75.7 Å². The van der Waals surface area contributed by atoms with Crippen molar-refractivity contribution in [3.63, 3.8) is 0 Å². The second-order valence-electron chi connectivity index (χ2n) is 6.70. The number of halogens is 3. The summed E-state index contributed by atoms with van der Waals surface area (Å²) in [5.74, 6) is -1.74. The third-order valence-corrected chi connectivity index (χ3v) is 4.87. The third kappa shape index (κ3) is 4.58. The summed E-state index contributed by atoms with van der Waals surface area (Å²) in [4.78, 5) is 37.9. The summed E-state index contributed by atoms with van der Waals surface area (Å²) in [7, 11) is 0. The van der Waals surface area contributed by atoms with Crippen LogP contribution in [0.25, 0.3) is 0 Å². The quantitative estimate of drug-likeness (QED) is 0.792. The molecule has 3 rings (SSSR count). The maximum absolute atomic E-state index is 12.3. The van der Waals surface area contributed by atoms with Gasteiger partial charge in [-0.15, -0.1) is 13.2 Å². The van der Waals surface area contributed by atoms with Gasteiger partial charge in [0.1, 0.15) is 5.75 Å². The fourth-order valence-corrected chi connectivity index (χ4v) is 3.63. The fraction of sp³-hybridized carbons (Fsp3) is 0.500. The van der Waals surface area contributed by atoms with Gasteiger partial charge in [0.2, 0.25) is 17.7 Å². The van der Waals surface area contributed by atoms with Crippen molar-refractivity contribution in [1.82, 2.24) is 4.90 Å². The summed E-state index contributed by atoms with van der Waals surface area (Å²) >= 11 is 0. The van der Waals surface area contributed by atoms with Crippen LogP contribution < -0.4 is 10.1 Å². The average molecular weight is 384 g/mol. The maximum Gasteiger partial charge on any atom is 0.573 e. The van der Waals surface area contributed by atoms with Crippen LogP contribution in [0.4, 0.5) is 18.9 Å². The average Bonchev–Trinajstić information content (AvgIpc) is 2.85. The molecule has 1 aromatic carbocycles. The van der Waals surface area contributed by atoms with E-state index < -0.39 is 18.0 Å². The molecule has 0 radical (unpaired) electrons. The van der Waals surface area contributed by atoms with E-state index in [1.54, 1.807) is 0 Å². The summed E-state index contributed by atoms with van der Waals surface area (Å²) in [6, 6.07) is 4.72. The Morgan fingerprint density at radius 1 is 1.07 bits per heavy atom. The number of amides is 3. The Balaban J connectivity index is 1.51. The first-order valence-corrected chi connectivity index (χ1v) is 8.75. The van der Waals surface area contributed by atoms with Crippen molar-refractivity contribution in [1.29, 1.82) is 0 Å². The van der Waals surface area contributed by atoms with Crippen LogP contribution in [-0.2, 0) is 14.4 Å². The minimum absolute atomic E-state index is 0.00572. The van der Waals surface area contributed by atoms with Gasteiger partial charge in [0.05, 0.1) is 11.8 Å². The smallest absolute Gasteiger partial charge is 0.406 e. The van der Waals surface area contributed by atoms with Crippen LogP contribution >= 0.6 is 0 Å². The first-order valence-electron chi connectivity index (χ1n) is 8.75. The molecular weight excluding hydrogens is 365 g/mol. The lowest BCUT2D eigenvalue weighted by molar-refractivity contribution is -0.274. The van der Waals surface area contributed by atoms with Crippen LogP contribution in [0.5, 0.6) is 5.75 Å². The number of ether oxygens (including phenoxy) is 1. The van der Waals surface area contributed by atoms with Crippen molar-refractivity contribution in [2.45, 2.75) is 38.5 Å². The zero-order valence-corrected chi connectivity index (χ0v) is 14.4. The molecule has 1 N–H and O–H groups in total. The summed E-state index contributed by atoms with van der Waals surface area (Å²) < 4.78 is 40.1. The highest BCUT2D eigenvalue weighted by atomic mass is 19.4. The fourth-order valence-electron chi connectivity index (χ4n) is 3.63. The Morgan fingerprint density at radius 3 is 2.15 bits per heavy atom. The molecule has 0 unspecified atom stereocenters. The molecule has 1 aromatic rings. The van der Waals surface area contributed by atoms with Gasteiger partial charge in [0, 0.05) is 18.7 Å². The second kappa shape index (κ2) is 7.58. The van der Waals surface area contributed by atoms with Crippen LogP contribution in [0.2, 0.25) is 0 Å². The van der Waals surface area contributed by atoms with Gasteiger partial charge in [0.15, 0.2) is 0 Å². The third-order valence-electron chi connectivity index (χ3n) is 4.87. The minimum atomic E-state index is -4.78. The number of fused-ring (bicyclic) bond motifs is 1. The number of imide groups is 1. The van der Waals surface area contributed by atoms with Crippen LogP contribution in [0.1, 0.15) is 32.1 Å². The van der Waals surface area contributed by atoms with E-state index >= 15 is 0 Å². The number of hydrogen-bond acceptors (Lipinski definition) is 4. The van der Waals surface area contributed by atoms with Gasteiger partial charge in [-0.25, -0.2) is 0 Å². The minimum Gasteiger partial charge on any atom is -0.406 e. The molecule has 146 valence electrons. The molecule has 2 aliphatic rings. The first-order chi connectivity index (χ1) is 12.7. The molecule has 1 heterocycles. The van der Waals surface area contributed by atoms with Crippen molar-refractivity contribution >= 4 is 23.4 Å². The Labute approximate surface area is 153 Å². The summed E-state index contributed by atoms with van der Waals surface area (Å²) in [6.45, 7) is 0.00572. The van der Waals surface area contributed by atoms with Crippen molar-refractivity contribution in [2.24, 2.45) is 11.8 Å². The molecule has 1 aliphatic heterocycles. The van der Waals surface area contributed by atoms with E-state index in [4.69, 9.17) is 0 Å². The molecule has 3 amide bonds. The normalized spacial score (nSPS) is 22.6. The van der Waals surface area contributed by atoms with E-state index in [2.05, 4.69) is 10.1 Å². The molecule has 27 heavy (non-hydrogen) atoms. The van der Waals surface area contributed by atoms with Gasteiger partial charge >= 0.3 is 6.36 Å². The molecule has 2 fully saturated rings. The Kier molecular flexibility index (Phi) is 5.38. The molecule has 1 aliphatic carbocycles. The predicted molar refractivity (Wildman–Crippen MR) is 88.5 cm³/mol. The Morgan fingerprint density at radius 2 is 1.63 bits per heavy atom. The van der Waals surface area contributed by atoms with E-state index in [0.29, 0.717) is 18.5 Å². The van der Waals surface area contributed by atoms with E-state index in [1.807, 2.05) is 0 Å². The molecular formula is C18H19F3N2O4. The molecule has 0 bridgehead atoms. The number of likely N-dealkylation sites (tertiary alicyclic amines) is 1.